The number of benzene rings is 1. The highest BCUT2D eigenvalue weighted by atomic mass is 16.1. The van der Waals surface area contributed by atoms with Gasteiger partial charge in [-0.25, -0.2) is 0 Å². The first kappa shape index (κ1) is 8.94. The summed E-state index contributed by atoms with van der Waals surface area (Å²) in [5.41, 5.74) is 4.90. The summed E-state index contributed by atoms with van der Waals surface area (Å²) in [6.45, 7) is 6.06. The Hall–Kier alpha value is -1.64. The van der Waals surface area contributed by atoms with E-state index in [0.717, 1.165) is 28.3 Å². The summed E-state index contributed by atoms with van der Waals surface area (Å²) < 4.78 is 0. The smallest absolute Gasteiger partial charge is 0.168 e. The largest absolute Gasteiger partial charge is 0.296 e. The van der Waals surface area contributed by atoms with Gasteiger partial charge in [-0.2, -0.15) is 5.10 Å². The van der Waals surface area contributed by atoms with Crippen LogP contribution in [0.2, 0.25) is 0 Å². The van der Waals surface area contributed by atoms with Crippen molar-refractivity contribution in [3.8, 4) is 0 Å². The molecule has 0 radical (unpaired) electrons. The Morgan fingerprint density at radius 1 is 1.29 bits per heavy atom. The minimum absolute atomic E-state index is 0.573. The Morgan fingerprint density at radius 3 is 2.64 bits per heavy atom. The third kappa shape index (κ3) is 1.05. The number of hydrogen-bond donors (Lipinski definition) is 1. The molecule has 0 amide bonds. The van der Waals surface area contributed by atoms with Crippen LogP contribution in [-0.2, 0) is 0 Å². The summed E-state index contributed by atoms with van der Waals surface area (Å²) in [4.78, 5) is 10.8. The number of carbonyl (C=O) groups is 1. The van der Waals surface area contributed by atoms with E-state index in [1.807, 2.05) is 20.8 Å². The second-order valence-corrected chi connectivity index (χ2v) is 3.61. The molecule has 0 bridgehead atoms. The summed E-state index contributed by atoms with van der Waals surface area (Å²) in [5, 5.41) is 7.84. The fourth-order valence-electron chi connectivity index (χ4n) is 1.80. The lowest BCUT2D eigenvalue weighted by atomic mass is 10.0. The second kappa shape index (κ2) is 2.94. The summed E-state index contributed by atoms with van der Waals surface area (Å²) in [7, 11) is 0. The normalized spacial score (nSPS) is 10.8. The monoisotopic (exact) mass is 188 g/mol. The highest BCUT2D eigenvalue weighted by Crippen LogP contribution is 2.25. The van der Waals surface area contributed by atoms with Gasteiger partial charge in [-0.15, -0.1) is 0 Å². The Bertz CT molecular complexity index is 511. The van der Waals surface area contributed by atoms with E-state index in [1.54, 1.807) is 0 Å². The van der Waals surface area contributed by atoms with Crippen molar-refractivity contribution in [1.82, 2.24) is 10.2 Å². The van der Waals surface area contributed by atoms with Crippen molar-refractivity contribution in [3.63, 3.8) is 0 Å². The lowest BCUT2D eigenvalue weighted by Crippen LogP contribution is -1.88. The molecule has 1 heterocycles. The molecule has 2 rings (SSSR count). The van der Waals surface area contributed by atoms with Crippen LogP contribution in [0.4, 0.5) is 0 Å². The van der Waals surface area contributed by atoms with Gasteiger partial charge in [0.25, 0.3) is 0 Å². The average Bonchev–Trinajstić information content (AvgIpc) is 2.58. The zero-order valence-electron chi connectivity index (χ0n) is 8.51. The second-order valence-electron chi connectivity index (χ2n) is 3.61. The molecule has 0 saturated heterocycles. The van der Waals surface area contributed by atoms with Gasteiger partial charge in [0.15, 0.2) is 6.29 Å². The number of aryl methyl sites for hydroxylation is 3. The molecule has 0 aliphatic carbocycles. The summed E-state index contributed by atoms with van der Waals surface area (Å²) in [6, 6.07) is 2.09. The Labute approximate surface area is 82.1 Å². The summed E-state index contributed by atoms with van der Waals surface area (Å²) in [6.07, 6.45) is 0.821. The highest BCUT2D eigenvalue weighted by Gasteiger charge is 2.11. The fourth-order valence-corrected chi connectivity index (χ4v) is 1.80. The van der Waals surface area contributed by atoms with E-state index < -0.39 is 0 Å². The van der Waals surface area contributed by atoms with Crippen LogP contribution in [0.15, 0.2) is 6.07 Å². The molecule has 1 aromatic carbocycles. The van der Waals surface area contributed by atoms with Gasteiger partial charge in [0.05, 0.1) is 5.52 Å². The number of nitrogens with zero attached hydrogens (tertiary/aromatic N) is 1. The maximum Gasteiger partial charge on any atom is 0.168 e. The van der Waals surface area contributed by atoms with Crippen molar-refractivity contribution in [2.24, 2.45) is 0 Å². The third-order valence-electron chi connectivity index (χ3n) is 2.69. The number of H-pyrrole nitrogens is 1. The van der Waals surface area contributed by atoms with Gasteiger partial charge in [0.1, 0.15) is 5.69 Å². The maximum absolute atomic E-state index is 10.8. The molecule has 2 aromatic rings. The molecule has 3 nitrogen and oxygen atoms in total. The van der Waals surface area contributed by atoms with Crippen LogP contribution in [-0.4, -0.2) is 16.5 Å². The van der Waals surface area contributed by atoms with Crippen LogP contribution in [0.25, 0.3) is 10.9 Å². The van der Waals surface area contributed by atoms with Crippen molar-refractivity contribution in [2.75, 3.05) is 0 Å². The van der Waals surface area contributed by atoms with E-state index in [0.29, 0.717) is 5.69 Å². The number of rotatable bonds is 1. The molecule has 1 N–H and O–H groups in total. The third-order valence-corrected chi connectivity index (χ3v) is 2.69. The molecule has 0 fully saturated rings. The molecule has 0 aliphatic rings. The molecule has 1 aromatic heterocycles. The first-order chi connectivity index (χ1) is 6.65. The lowest BCUT2D eigenvalue weighted by Gasteiger charge is -2.03. The van der Waals surface area contributed by atoms with Crippen molar-refractivity contribution in [2.45, 2.75) is 20.8 Å². The SMILES string of the molecule is Cc1cc(C)c2n[nH]c(C=O)c2c1C. The summed E-state index contributed by atoms with van der Waals surface area (Å²) in [5.74, 6) is 0. The van der Waals surface area contributed by atoms with Crippen LogP contribution >= 0.6 is 0 Å². The number of aromatic amines is 1. The number of nitrogens with one attached hydrogen (secondary N) is 1. The van der Waals surface area contributed by atoms with Crippen LogP contribution in [0.1, 0.15) is 27.2 Å². The Morgan fingerprint density at radius 2 is 2.00 bits per heavy atom. The van der Waals surface area contributed by atoms with E-state index in [1.165, 1.54) is 5.56 Å². The van der Waals surface area contributed by atoms with Crippen molar-refractivity contribution >= 4 is 17.2 Å². The van der Waals surface area contributed by atoms with E-state index in [-0.39, 0.29) is 0 Å². The number of hydrogen-bond acceptors (Lipinski definition) is 2. The molecule has 3 heteroatoms. The fraction of sp³-hybridized carbons (Fsp3) is 0.273. The van der Waals surface area contributed by atoms with E-state index >= 15 is 0 Å². The maximum atomic E-state index is 10.8. The molecular formula is C11H12N2O. The van der Waals surface area contributed by atoms with Crippen LogP contribution in [0.5, 0.6) is 0 Å². The lowest BCUT2D eigenvalue weighted by molar-refractivity contribution is 0.112. The first-order valence-corrected chi connectivity index (χ1v) is 4.55. The molecule has 0 atom stereocenters. The van der Waals surface area contributed by atoms with Gasteiger partial charge in [-0.3, -0.25) is 9.89 Å². The Balaban J connectivity index is 2.98. The summed E-state index contributed by atoms with van der Waals surface area (Å²) >= 11 is 0. The standard InChI is InChI=1S/C11H12N2O/c1-6-4-7(2)11-10(8(6)3)9(5-14)12-13-11/h4-5H,1-3H3,(H,12,13). The van der Waals surface area contributed by atoms with E-state index in [2.05, 4.69) is 16.3 Å². The number of aromatic nitrogens is 2. The van der Waals surface area contributed by atoms with Crippen molar-refractivity contribution < 1.29 is 4.79 Å². The highest BCUT2D eigenvalue weighted by molar-refractivity contribution is 5.98. The van der Waals surface area contributed by atoms with Gasteiger partial charge in [-0.1, -0.05) is 6.07 Å². The predicted molar refractivity (Wildman–Crippen MR) is 55.7 cm³/mol. The number of aldehydes is 1. The van der Waals surface area contributed by atoms with Gasteiger partial charge >= 0.3 is 0 Å². The molecule has 0 saturated carbocycles. The first-order valence-electron chi connectivity index (χ1n) is 4.55. The van der Waals surface area contributed by atoms with Crippen molar-refractivity contribution in [3.05, 3.63) is 28.5 Å². The topological polar surface area (TPSA) is 45.8 Å². The van der Waals surface area contributed by atoms with Crippen LogP contribution < -0.4 is 0 Å². The predicted octanol–water partition coefficient (Wildman–Crippen LogP) is 2.30. The minimum atomic E-state index is 0.573. The molecular weight excluding hydrogens is 176 g/mol. The molecule has 0 spiro atoms. The van der Waals surface area contributed by atoms with Crippen molar-refractivity contribution in [1.29, 1.82) is 0 Å². The Kier molecular flexibility index (Phi) is 1.88. The van der Waals surface area contributed by atoms with Gasteiger partial charge in [-0.05, 0) is 37.5 Å². The average molecular weight is 188 g/mol. The zero-order valence-corrected chi connectivity index (χ0v) is 8.51. The van der Waals surface area contributed by atoms with Gasteiger partial charge in [0, 0.05) is 5.39 Å². The number of fused-ring (bicyclic) bond motifs is 1. The zero-order chi connectivity index (χ0) is 10.3. The quantitative estimate of drug-likeness (QED) is 0.698. The van der Waals surface area contributed by atoms with E-state index in [4.69, 9.17) is 0 Å². The molecule has 14 heavy (non-hydrogen) atoms. The van der Waals surface area contributed by atoms with E-state index in [9.17, 15) is 4.79 Å². The minimum Gasteiger partial charge on any atom is -0.296 e. The van der Waals surface area contributed by atoms with Crippen LogP contribution in [0, 0.1) is 20.8 Å². The molecule has 0 unspecified atom stereocenters. The van der Waals surface area contributed by atoms with Crippen LogP contribution in [0.3, 0.4) is 0 Å². The van der Waals surface area contributed by atoms with Gasteiger partial charge < -0.3 is 0 Å². The molecule has 72 valence electrons. The van der Waals surface area contributed by atoms with Gasteiger partial charge in [0.2, 0.25) is 0 Å². The number of carbonyl (C=O) groups excluding carboxylic acids is 1. The molecule has 0 aliphatic heterocycles.